The monoisotopic (exact) mass is 470 g/mol. The Kier molecular flexibility index (Phi) is 7.50. The lowest BCUT2D eigenvalue weighted by Gasteiger charge is -2.31. The van der Waals surface area contributed by atoms with Crippen molar-refractivity contribution in [3.63, 3.8) is 0 Å². The van der Waals surface area contributed by atoms with Gasteiger partial charge in [-0.15, -0.1) is 0 Å². The van der Waals surface area contributed by atoms with Crippen LogP contribution < -0.4 is 10.5 Å². The van der Waals surface area contributed by atoms with E-state index in [2.05, 4.69) is 0 Å². The highest BCUT2D eigenvalue weighted by Gasteiger charge is 2.48. The van der Waals surface area contributed by atoms with Gasteiger partial charge < -0.3 is 24.7 Å². The first kappa shape index (κ1) is 25.1. The van der Waals surface area contributed by atoms with Gasteiger partial charge in [-0.2, -0.15) is 5.26 Å². The number of ether oxygens (including phenoxy) is 4. The number of fused-ring (bicyclic) bond motifs is 3. The van der Waals surface area contributed by atoms with Gasteiger partial charge in [-0.3, -0.25) is 4.79 Å². The Hall–Kier alpha value is -3.54. The SMILES string of the molecule is CCCCC1OC(=O)c2c1ccc1c2C(C(C#N)C(=O)OC(C)C)C(C(=O)OC(C)C)=C(N)O1. The van der Waals surface area contributed by atoms with Crippen molar-refractivity contribution in [3.8, 4) is 11.8 Å². The molecule has 0 bridgehead atoms. The smallest absolute Gasteiger partial charge is 0.340 e. The lowest BCUT2D eigenvalue weighted by atomic mass is 9.76. The molecule has 2 N–H and O–H groups in total. The number of nitrogens with two attached hydrogens (primary N) is 1. The van der Waals surface area contributed by atoms with Crippen LogP contribution in [-0.2, 0) is 23.8 Å². The van der Waals surface area contributed by atoms with E-state index in [1.807, 2.05) is 13.0 Å². The van der Waals surface area contributed by atoms with Crippen LogP contribution in [0.4, 0.5) is 0 Å². The number of hydrogen-bond donors (Lipinski definition) is 1. The zero-order valence-corrected chi connectivity index (χ0v) is 20.0. The molecule has 3 unspecified atom stereocenters. The standard InChI is InChI=1S/C25H30N2O7/c1-6-7-8-16-14-9-10-17-20(19(14)24(29)34-16)18(15(11-26)23(28)31-12(2)3)21(22(27)33-17)25(30)32-13(4)5/h9-10,12-13,15-16,18H,6-8,27H2,1-5H3. The normalized spacial score (nSPS) is 19.6. The molecule has 9 heteroatoms. The van der Waals surface area contributed by atoms with Crippen LogP contribution in [0.1, 0.15) is 87.4 Å². The molecule has 2 aliphatic rings. The largest absolute Gasteiger partial charge is 0.462 e. The van der Waals surface area contributed by atoms with Crippen molar-refractivity contribution in [1.82, 2.24) is 0 Å². The first-order valence-electron chi connectivity index (χ1n) is 11.5. The Balaban J connectivity index is 2.23. The van der Waals surface area contributed by atoms with Gasteiger partial charge in [0.1, 0.15) is 17.4 Å². The molecule has 3 atom stereocenters. The molecular formula is C25H30N2O7. The number of carbonyl (C=O) groups is 3. The van der Waals surface area contributed by atoms with Crippen LogP contribution in [0.5, 0.6) is 5.75 Å². The lowest BCUT2D eigenvalue weighted by Crippen LogP contribution is -2.36. The first-order valence-corrected chi connectivity index (χ1v) is 11.5. The van der Waals surface area contributed by atoms with Gasteiger partial charge in [0.25, 0.3) is 0 Å². The number of carbonyl (C=O) groups excluding carboxylic acids is 3. The molecule has 0 fully saturated rings. The number of hydrogen-bond acceptors (Lipinski definition) is 9. The maximum atomic E-state index is 13.1. The van der Waals surface area contributed by atoms with E-state index in [-0.39, 0.29) is 28.3 Å². The highest BCUT2D eigenvalue weighted by atomic mass is 16.6. The molecule has 0 spiro atoms. The van der Waals surface area contributed by atoms with Gasteiger partial charge in [0, 0.05) is 11.1 Å². The van der Waals surface area contributed by atoms with E-state index in [4.69, 9.17) is 24.7 Å². The topological polar surface area (TPSA) is 138 Å². The predicted octanol–water partition coefficient (Wildman–Crippen LogP) is 3.78. The maximum Gasteiger partial charge on any atom is 0.340 e. The Bertz CT molecular complexity index is 1070. The van der Waals surface area contributed by atoms with E-state index >= 15 is 0 Å². The van der Waals surface area contributed by atoms with Gasteiger partial charge in [-0.05, 0) is 46.6 Å². The zero-order chi connectivity index (χ0) is 25.2. The summed E-state index contributed by atoms with van der Waals surface area (Å²) in [5, 5.41) is 10.0. The number of nitriles is 1. The molecule has 2 aliphatic heterocycles. The lowest BCUT2D eigenvalue weighted by molar-refractivity contribution is -0.151. The summed E-state index contributed by atoms with van der Waals surface area (Å²) in [6, 6.07) is 5.28. The molecule has 9 nitrogen and oxygen atoms in total. The minimum Gasteiger partial charge on any atom is -0.462 e. The Morgan fingerprint density at radius 1 is 1.18 bits per heavy atom. The van der Waals surface area contributed by atoms with Crippen LogP contribution in [0.3, 0.4) is 0 Å². The van der Waals surface area contributed by atoms with Crippen LogP contribution in [0.25, 0.3) is 0 Å². The van der Waals surface area contributed by atoms with E-state index in [0.717, 1.165) is 12.8 Å². The molecule has 0 amide bonds. The molecule has 2 heterocycles. The molecule has 1 aromatic rings. The quantitative estimate of drug-likeness (QED) is 0.444. The summed E-state index contributed by atoms with van der Waals surface area (Å²) in [6.45, 7) is 8.64. The fraction of sp³-hybridized carbons (Fsp3) is 0.520. The second-order valence-corrected chi connectivity index (χ2v) is 8.88. The van der Waals surface area contributed by atoms with E-state index in [1.165, 1.54) is 0 Å². The van der Waals surface area contributed by atoms with Gasteiger partial charge in [-0.1, -0.05) is 19.4 Å². The van der Waals surface area contributed by atoms with E-state index in [1.54, 1.807) is 39.8 Å². The second-order valence-electron chi connectivity index (χ2n) is 8.88. The minimum absolute atomic E-state index is 0.174. The molecule has 1 aromatic carbocycles. The highest BCUT2D eigenvalue weighted by molar-refractivity contribution is 6.00. The van der Waals surface area contributed by atoms with Crippen LogP contribution in [0.2, 0.25) is 0 Å². The Labute approximate surface area is 198 Å². The average Bonchev–Trinajstić information content (AvgIpc) is 3.06. The molecule has 182 valence electrons. The number of cyclic esters (lactones) is 1. The number of benzene rings is 1. The number of rotatable bonds is 8. The molecule has 0 aromatic heterocycles. The van der Waals surface area contributed by atoms with E-state index in [9.17, 15) is 19.6 Å². The molecule has 3 rings (SSSR count). The number of nitrogens with zero attached hydrogens (tertiary/aromatic N) is 1. The third-order valence-corrected chi connectivity index (χ3v) is 5.61. The number of esters is 3. The summed E-state index contributed by atoms with van der Waals surface area (Å²) in [4.78, 5) is 39.0. The third-order valence-electron chi connectivity index (χ3n) is 5.61. The summed E-state index contributed by atoms with van der Waals surface area (Å²) >= 11 is 0. The first-order chi connectivity index (χ1) is 16.1. The summed E-state index contributed by atoms with van der Waals surface area (Å²) in [5.41, 5.74) is 6.92. The fourth-order valence-electron chi connectivity index (χ4n) is 4.25. The highest BCUT2D eigenvalue weighted by Crippen LogP contribution is 2.49. The molecule has 0 radical (unpaired) electrons. The van der Waals surface area contributed by atoms with Crippen molar-refractivity contribution in [1.29, 1.82) is 5.26 Å². The molecular weight excluding hydrogens is 440 g/mol. The average molecular weight is 471 g/mol. The molecule has 34 heavy (non-hydrogen) atoms. The van der Waals surface area contributed by atoms with Gasteiger partial charge >= 0.3 is 17.9 Å². The van der Waals surface area contributed by atoms with Crippen molar-refractivity contribution in [2.75, 3.05) is 0 Å². The summed E-state index contributed by atoms with van der Waals surface area (Å²) in [7, 11) is 0. The van der Waals surface area contributed by atoms with Gasteiger partial charge in [0.2, 0.25) is 5.88 Å². The van der Waals surface area contributed by atoms with Crippen molar-refractivity contribution in [3.05, 3.63) is 40.3 Å². The molecule has 0 aliphatic carbocycles. The number of unbranched alkanes of at least 4 members (excludes halogenated alkanes) is 1. The van der Waals surface area contributed by atoms with Crippen molar-refractivity contribution in [2.45, 2.75) is 78.1 Å². The minimum atomic E-state index is -1.48. The van der Waals surface area contributed by atoms with Crippen LogP contribution in [-0.4, -0.2) is 30.1 Å². The zero-order valence-electron chi connectivity index (χ0n) is 20.0. The summed E-state index contributed by atoms with van der Waals surface area (Å²) in [5.74, 6) is -5.13. The van der Waals surface area contributed by atoms with Crippen molar-refractivity contribution in [2.24, 2.45) is 11.7 Å². The summed E-state index contributed by atoms with van der Waals surface area (Å²) < 4.78 is 22.0. The molecule has 0 saturated heterocycles. The fourth-order valence-corrected chi connectivity index (χ4v) is 4.25. The van der Waals surface area contributed by atoms with Gasteiger partial charge in [-0.25, -0.2) is 9.59 Å². The third kappa shape index (κ3) is 4.72. The van der Waals surface area contributed by atoms with Crippen molar-refractivity contribution >= 4 is 17.9 Å². The summed E-state index contributed by atoms with van der Waals surface area (Å²) in [6.07, 6.45) is 0.918. The maximum absolute atomic E-state index is 13.1. The predicted molar refractivity (Wildman–Crippen MR) is 120 cm³/mol. The van der Waals surface area contributed by atoms with Crippen LogP contribution >= 0.6 is 0 Å². The molecule has 0 saturated carbocycles. The Morgan fingerprint density at radius 3 is 2.44 bits per heavy atom. The van der Waals surface area contributed by atoms with Gasteiger partial charge in [0.15, 0.2) is 5.92 Å². The van der Waals surface area contributed by atoms with Crippen molar-refractivity contribution < 1.29 is 33.3 Å². The van der Waals surface area contributed by atoms with Gasteiger partial charge in [0.05, 0.1) is 29.8 Å². The van der Waals surface area contributed by atoms with Crippen LogP contribution in [0, 0.1) is 17.2 Å². The van der Waals surface area contributed by atoms with E-state index < -0.39 is 48.1 Å². The Morgan fingerprint density at radius 2 is 1.85 bits per heavy atom. The van der Waals surface area contributed by atoms with Crippen LogP contribution in [0.15, 0.2) is 23.6 Å². The second kappa shape index (κ2) is 10.2. The van der Waals surface area contributed by atoms with E-state index in [0.29, 0.717) is 12.0 Å².